The number of ketones is 1. The van der Waals surface area contributed by atoms with Crippen LogP contribution >= 0.6 is 47.3 Å². The van der Waals surface area contributed by atoms with Gasteiger partial charge in [0.05, 0.1) is 10.8 Å². The molecule has 2 heterocycles. The van der Waals surface area contributed by atoms with Crippen molar-refractivity contribution in [1.82, 2.24) is 9.84 Å². The van der Waals surface area contributed by atoms with Crippen LogP contribution in [0, 0.1) is 5.92 Å². The lowest BCUT2D eigenvalue weighted by atomic mass is 10.1. The van der Waals surface area contributed by atoms with Crippen molar-refractivity contribution in [3.8, 4) is 0 Å². The summed E-state index contributed by atoms with van der Waals surface area (Å²) in [4.78, 5) is 12.8. The summed E-state index contributed by atoms with van der Waals surface area (Å²) >= 11 is 9.75. The van der Waals surface area contributed by atoms with E-state index in [4.69, 9.17) is 12.2 Å². The van der Waals surface area contributed by atoms with Crippen LogP contribution in [0.3, 0.4) is 0 Å². The third-order valence-corrected chi connectivity index (χ3v) is 5.64. The summed E-state index contributed by atoms with van der Waals surface area (Å²) < 4.78 is 2.78. The van der Waals surface area contributed by atoms with Gasteiger partial charge in [0.25, 0.3) is 0 Å². The predicted octanol–water partition coefficient (Wildman–Crippen LogP) is 3.01. The van der Waals surface area contributed by atoms with Crippen LogP contribution in [0.2, 0.25) is 0 Å². The number of Topliss-reactive ketones (excluding diaryl/α,β-unsaturated/α-hetero) is 1. The van der Waals surface area contributed by atoms with E-state index in [0.717, 1.165) is 20.8 Å². The van der Waals surface area contributed by atoms with Crippen molar-refractivity contribution in [3.05, 3.63) is 22.4 Å². The van der Waals surface area contributed by atoms with Gasteiger partial charge in [0.1, 0.15) is 4.32 Å². The van der Waals surface area contributed by atoms with Crippen LogP contribution in [0.1, 0.15) is 16.6 Å². The Bertz CT molecular complexity index is 406. The molecule has 1 unspecified atom stereocenters. The van der Waals surface area contributed by atoms with Crippen molar-refractivity contribution >= 4 is 57.4 Å². The van der Waals surface area contributed by atoms with Crippen molar-refractivity contribution in [1.29, 1.82) is 0 Å². The van der Waals surface area contributed by atoms with Gasteiger partial charge >= 0.3 is 0 Å². The summed E-state index contributed by atoms with van der Waals surface area (Å²) in [6.07, 6.45) is 0. The number of nitrogens with one attached hydrogen (secondary N) is 1. The number of hydrogen-bond acceptors (Lipinski definition) is 6. The van der Waals surface area contributed by atoms with E-state index in [2.05, 4.69) is 5.43 Å². The fraction of sp³-hybridized carbons (Fsp3) is 0.400. The van der Waals surface area contributed by atoms with Gasteiger partial charge < -0.3 is 0 Å². The minimum Gasteiger partial charge on any atom is -0.293 e. The Labute approximate surface area is 118 Å². The molecule has 1 fully saturated rings. The Hall–Kier alpha value is -0.0800. The number of carbonyl (C=O) groups excluding carboxylic acids is 1. The molecule has 1 aromatic rings. The van der Waals surface area contributed by atoms with E-state index in [1.54, 1.807) is 23.7 Å². The highest BCUT2D eigenvalue weighted by Gasteiger charge is 2.21. The second-order valence-corrected chi connectivity index (χ2v) is 7.19. The Morgan fingerprint density at radius 1 is 1.76 bits per heavy atom. The molecular formula is C10H12N2OS4. The van der Waals surface area contributed by atoms with Gasteiger partial charge in [-0.2, -0.15) is 4.41 Å². The maximum absolute atomic E-state index is 12.0. The van der Waals surface area contributed by atoms with E-state index in [1.165, 1.54) is 11.3 Å². The van der Waals surface area contributed by atoms with Crippen molar-refractivity contribution in [2.75, 3.05) is 11.6 Å². The van der Waals surface area contributed by atoms with Gasteiger partial charge in [-0.15, -0.1) is 11.3 Å². The molecule has 0 amide bonds. The topological polar surface area (TPSA) is 32.3 Å². The Morgan fingerprint density at radius 3 is 3.18 bits per heavy atom. The SMILES string of the molecule is CC(CSN1CSC(=S)N1)C(=O)c1cccs1. The van der Waals surface area contributed by atoms with Crippen molar-refractivity contribution in [2.24, 2.45) is 5.92 Å². The lowest BCUT2D eigenvalue weighted by Crippen LogP contribution is -2.27. The molecule has 2 rings (SSSR count). The normalized spacial score (nSPS) is 18.1. The zero-order valence-corrected chi connectivity index (χ0v) is 12.5. The van der Waals surface area contributed by atoms with E-state index in [9.17, 15) is 4.79 Å². The first-order valence-corrected chi connectivity index (χ1v) is 8.30. The maximum atomic E-state index is 12.0. The molecule has 1 aliphatic rings. The number of thiophene rings is 1. The van der Waals surface area contributed by atoms with Gasteiger partial charge in [0.2, 0.25) is 0 Å². The molecule has 92 valence electrons. The zero-order chi connectivity index (χ0) is 12.3. The first-order valence-electron chi connectivity index (χ1n) is 5.08. The van der Waals surface area contributed by atoms with E-state index in [1.807, 2.05) is 28.9 Å². The molecule has 1 N–H and O–H groups in total. The molecule has 0 saturated carbocycles. The molecule has 1 aromatic heterocycles. The molecule has 0 aromatic carbocycles. The molecule has 1 saturated heterocycles. The summed E-state index contributed by atoms with van der Waals surface area (Å²) in [5, 5.41) is 1.93. The Morgan fingerprint density at radius 2 is 2.59 bits per heavy atom. The van der Waals surface area contributed by atoms with Crippen LogP contribution in [0.4, 0.5) is 0 Å². The number of carbonyl (C=O) groups is 1. The molecule has 0 bridgehead atoms. The summed E-state index contributed by atoms with van der Waals surface area (Å²) in [5.74, 6) is 1.86. The number of rotatable bonds is 5. The first-order chi connectivity index (χ1) is 8.16. The van der Waals surface area contributed by atoms with Crippen LogP contribution < -0.4 is 5.43 Å². The Balaban J connectivity index is 1.79. The third-order valence-electron chi connectivity index (χ3n) is 2.22. The van der Waals surface area contributed by atoms with E-state index >= 15 is 0 Å². The molecule has 3 nitrogen and oxygen atoms in total. The highest BCUT2D eigenvalue weighted by Crippen LogP contribution is 2.24. The average molecular weight is 304 g/mol. The second-order valence-electron chi connectivity index (χ2n) is 3.59. The molecule has 17 heavy (non-hydrogen) atoms. The van der Waals surface area contributed by atoms with Gasteiger partial charge in [-0.05, 0) is 11.4 Å². The highest BCUT2D eigenvalue weighted by atomic mass is 32.2. The molecule has 0 radical (unpaired) electrons. The van der Waals surface area contributed by atoms with Crippen LogP contribution in [-0.4, -0.2) is 26.1 Å². The molecular weight excluding hydrogens is 292 g/mol. The lowest BCUT2D eigenvalue weighted by molar-refractivity contribution is 0.0945. The quantitative estimate of drug-likeness (QED) is 0.511. The van der Waals surface area contributed by atoms with Gasteiger partial charge in [-0.3, -0.25) is 10.2 Å². The number of thiocarbonyl (C=S) groups is 1. The van der Waals surface area contributed by atoms with Gasteiger partial charge in [-0.1, -0.05) is 48.9 Å². The maximum Gasteiger partial charge on any atom is 0.176 e. The standard InChI is InChI=1S/C10H12N2OS4/c1-7(9(13)8-3-2-4-15-8)5-17-12-6-16-10(14)11-12/h2-4,7H,5-6H2,1H3,(H,11,14). The van der Waals surface area contributed by atoms with E-state index in [0.29, 0.717) is 0 Å². The first kappa shape index (κ1) is 13.4. The number of nitrogens with zero attached hydrogens (tertiary/aromatic N) is 1. The van der Waals surface area contributed by atoms with Gasteiger partial charge in [0, 0.05) is 11.7 Å². The highest BCUT2D eigenvalue weighted by molar-refractivity contribution is 8.23. The largest absolute Gasteiger partial charge is 0.293 e. The monoisotopic (exact) mass is 304 g/mol. The van der Waals surface area contributed by atoms with Crippen LogP contribution in [0.15, 0.2) is 17.5 Å². The van der Waals surface area contributed by atoms with Gasteiger partial charge in [0.15, 0.2) is 5.78 Å². The third kappa shape index (κ3) is 3.69. The number of thioether (sulfide) groups is 1. The lowest BCUT2D eigenvalue weighted by Gasteiger charge is -2.15. The number of hydrazine groups is 1. The summed E-state index contributed by atoms with van der Waals surface area (Å²) in [5.41, 5.74) is 3.06. The fourth-order valence-corrected chi connectivity index (χ4v) is 4.10. The fourth-order valence-electron chi connectivity index (χ4n) is 1.29. The van der Waals surface area contributed by atoms with Crippen molar-refractivity contribution in [2.45, 2.75) is 6.92 Å². The van der Waals surface area contributed by atoms with Crippen molar-refractivity contribution < 1.29 is 4.79 Å². The summed E-state index contributed by atoms with van der Waals surface area (Å²) in [6.45, 7) is 1.97. The smallest absolute Gasteiger partial charge is 0.176 e. The van der Waals surface area contributed by atoms with E-state index in [-0.39, 0.29) is 11.7 Å². The van der Waals surface area contributed by atoms with Crippen molar-refractivity contribution in [3.63, 3.8) is 0 Å². The number of hydrogen-bond donors (Lipinski definition) is 1. The summed E-state index contributed by atoms with van der Waals surface area (Å²) in [6, 6.07) is 3.79. The molecule has 0 spiro atoms. The second kappa shape index (κ2) is 6.19. The minimum atomic E-state index is 0.0274. The molecule has 0 aliphatic carbocycles. The van der Waals surface area contributed by atoms with Crippen LogP contribution in [0.5, 0.6) is 0 Å². The minimum absolute atomic E-state index is 0.0274. The molecule has 1 atom stereocenters. The van der Waals surface area contributed by atoms with Gasteiger partial charge in [-0.25, -0.2) is 0 Å². The Kier molecular flexibility index (Phi) is 4.87. The molecule has 1 aliphatic heterocycles. The van der Waals surface area contributed by atoms with E-state index < -0.39 is 0 Å². The predicted molar refractivity (Wildman–Crippen MR) is 80.3 cm³/mol. The van der Waals surface area contributed by atoms with Crippen LogP contribution in [0.25, 0.3) is 0 Å². The average Bonchev–Trinajstić information content (AvgIpc) is 2.95. The molecule has 7 heteroatoms. The van der Waals surface area contributed by atoms with Crippen LogP contribution in [-0.2, 0) is 0 Å². The summed E-state index contributed by atoms with van der Waals surface area (Å²) in [7, 11) is 0. The zero-order valence-electron chi connectivity index (χ0n) is 9.21.